The van der Waals surface area contributed by atoms with Crippen LogP contribution in [0.4, 0.5) is 0 Å². The number of nitrogens with zero attached hydrogens (tertiary/aromatic N) is 2. The highest BCUT2D eigenvalue weighted by Crippen LogP contribution is 2.28. The first-order valence-electron chi connectivity index (χ1n) is 5.88. The van der Waals surface area contributed by atoms with Crippen molar-refractivity contribution in [2.24, 2.45) is 13.0 Å². The van der Waals surface area contributed by atoms with Crippen LogP contribution in [0.25, 0.3) is 0 Å². The molecule has 0 aliphatic carbocycles. The lowest BCUT2D eigenvalue weighted by Crippen LogP contribution is -2.38. The number of aryl methyl sites for hydroxylation is 1. The average molecular weight is 241 g/mol. The standard InChI is InChI=1S/C12H23N3O2/c1-9(2)6-13-8-12(3,16)11-10(17-5)7-14-15(11)4/h7,9,13,16H,6,8H2,1-5H3. The number of nitrogens with one attached hydrogen (secondary N) is 1. The van der Waals surface area contributed by atoms with Gasteiger partial charge in [0, 0.05) is 13.6 Å². The lowest BCUT2D eigenvalue weighted by molar-refractivity contribution is 0.0454. The average Bonchev–Trinajstić information content (AvgIpc) is 2.59. The van der Waals surface area contributed by atoms with Crippen molar-refractivity contribution >= 4 is 0 Å². The second-order valence-corrected chi connectivity index (χ2v) is 4.98. The maximum absolute atomic E-state index is 10.5. The molecule has 2 N–H and O–H groups in total. The van der Waals surface area contributed by atoms with Crippen molar-refractivity contribution in [1.29, 1.82) is 0 Å². The molecule has 0 aromatic carbocycles. The molecule has 0 bridgehead atoms. The lowest BCUT2D eigenvalue weighted by atomic mass is 10.0. The molecule has 1 aromatic heterocycles. The summed E-state index contributed by atoms with van der Waals surface area (Å²) in [4.78, 5) is 0. The molecule has 0 fully saturated rings. The Balaban J connectivity index is 2.77. The summed E-state index contributed by atoms with van der Waals surface area (Å²) in [5, 5.41) is 17.8. The largest absolute Gasteiger partial charge is 0.493 e. The van der Waals surface area contributed by atoms with E-state index < -0.39 is 5.60 Å². The Morgan fingerprint density at radius 3 is 2.76 bits per heavy atom. The summed E-state index contributed by atoms with van der Waals surface area (Å²) in [7, 11) is 3.38. The zero-order chi connectivity index (χ0) is 13.1. The Hall–Kier alpha value is -1.07. The fraction of sp³-hybridized carbons (Fsp3) is 0.750. The highest BCUT2D eigenvalue weighted by atomic mass is 16.5. The number of rotatable bonds is 6. The SMILES string of the molecule is COc1cnn(C)c1C(C)(O)CNCC(C)C. The zero-order valence-corrected chi connectivity index (χ0v) is 11.3. The third-order valence-corrected chi connectivity index (χ3v) is 2.66. The van der Waals surface area contributed by atoms with Crippen LogP contribution >= 0.6 is 0 Å². The van der Waals surface area contributed by atoms with Crippen molar-refractivity contribution in [3.8, 4) is 5.75 Å². The second kappa shape index (κ2) is 5.51. The van der Waals surface area contributed by atoms with E-state index in [1.165, 1.54) is 0 Å². The quantitative estimate of drug-likeness (QED) is 0.776. The van der Waals surface area contributed by atoms with E-state index in [0.717, 1.165) is 6.54 Å². The Morgan fingerprint density at radius 1 is 1.59 bits per heavy atom. The number of aliphatic hydroxyl groups is 1. The number of ether oxygens (including phenoxy) is 1. The van der Waals surface area contributed by atoms with Gasteiger partial charge in [-0.1, -0.05) is 13.8 Å². The summed E-state index contributed by atoms with van der Waals surface area (Å²) in [5.74, 6) is 1.17. The fourth-order valence-electron chi connectivity index (χ4n) is 1.87. The molecule has 0 radical (unpaired) electrons. The predicted molar refractivity (Wildman–Crippen MR) is 67.0 cm³/mol. The van der Waals surface area contributed by atoms with Gasteiger partial charge in [-0.15, -0.1) is 0 Å². The van der Waals surface area contributed by atoms with Gasteiger partial charge in [-0.3, -0.25) is 4.68 Å². The van der Waals surface area contributed by atoms with Gasteiger partial charge in [0.2, 0.25) is 0 Å². The van der Waals surface area contributed by atoms with Gasteiger partial charge < -0.3 is 15.2 Å². The molecule has 5 heteroatoms. The van der Waals surface area contributed by atoms with Crippen LogP contribution in [-0.4, -0.2) is 35.1 Å². The van der Waals surface area contributed by atoms with Gasteiger partial charge >= 0.3 is 0 Å². The van der Waals surface area contributed by atoms with E-state index in [-0.39, 0.29) is 0 Å². The molecular formula is C12H23N3O2. The molecule has 0 spiro atoms. The summed E-state index contributed by atoms with van der Waals surface area (Å²) in [6, 6.07) is 0. The van der Waals surface area contributed by atoms with E-state index >= 15 is 0 Å². The molecule has 1 atom stereocenters. The van der Waals surface area contributed by atoms with E-state index in [1.54, 1.807) is 32.0 Å². The molecule has 0 saturated carbocycles. The van der Waals surface area contributed by atoms with Gasteiger partial charge in [0.15, 0.2) is 5.75 Å². The van der Waals surface area contributed by atoms with Gasteiger partial charge in [-0.2, -0.15) is 5.10 Å². The van der Waals surface area contributed by atoms with Crippen LogP contribution in [0.5, 0.6) is 5.75 Å². The van der Waals surface area contributed by atoms with Gasteiger partial charge in [-0.05, 0) is 19.4 Å². The monoisotopic (exact) mass is 241 g/mol. The van der Waals surface area contributed by atoms with E-state index in [1.807, 2.05) is 0 Å². The maximum atomic E-state index is 10.5. The summed E-state index contributed by atoms with van der Waals surface area (Å²) >= 11 is 0. The molecule has 1 unspecified atom stereocenters. The first-order valence-corrected chi connectivity index (χ1v) is 5.88. The number of methoxy groups -OCH3 is 1. The van der Waals surface area contributed by atoms with E-state index in [0.29, 0.717) is 23.9 Å². The second-order valence-electron chi connectivity index (χ2n) is 4.98. The third kappa shape index (κ3) is 3.44. The molecule has 1 heterocycles. The number of aromatic nitrogens is 2. The highest BCUT2D eigenvalue weighted by Gasteiger charge is 2.30. The summed E-state index contributed by atoms with van der Waals surface area (Å²) < 4.78 is 6.86. The van der Waals surface area contributed by atoms with E-state index in [4.69, 9.17) is 4.74 Å². The van der Waals surface area contributed by atoms with Gasteiger partial charge in [-0.25, -0.2) is 0 Å². The Morgan fingerprint density at radius 2 is 2.24 bits per heavy atom. The minimum absolute atomic E-state index is 0.473. The maximum Gasteiger partial charge on any atom is 0.162 e. The van der Waals surface area contributed by atoms with Crippen molar-refractivity contribution in [3.63, 3.8) is 0 Å². The van der Waals surface area contributed by atoms with E-state index in [9.17, 15) is 5.11 Å². The molecule has 98 valence electrons. The van der Waals surface area contributed by atoms with Crippen LogP contribution in [0.2, 0.25) is 0 Å². The third-order valence-electron chi connectivity index (χ3n) is 2.66. The van der Waals surface area contributed by atoms with Crippen LogP contribution in [-0.2, 0) is 12.6 Å². The summed E-state index contributed by atoms with van der Waals surface area (Å²) in [6.45, 7) is 7.37. The molecule has 17 heavy (non-hydrogen) atoms. The predicted octanol–water partition coefficient (Wildman–Crippen LogP) is 0.882. The Kier molecular flexibility index (Phi) is 4.54. The minimum Gasteiger partial charge on any atom is -0.493 e. The Bertz CT molecular complexity index is 359. The van der Waals surface area contributed by atoms with Crippen molar-refractivity contribution < 1.29 is 9.84 Å². The first kappa shape index (κ1) is 14.0. The van der Waals surface area contributed by atoms with Crippen LogP contribution in [0.3, 0.4) is 0 Å². The molecular weight excluding hydrogens is 218 g/mol. The highest BCUT2D eigenvalue weighted by molar-refractivity contribution is 5.30. The first-order chi connectivity index (χ1) is 7.88. The zero-order valence-electron chi connectivity index (χ0n) is 11.3. The molecule has 0 amide bonds. The molecule has 0 aliphatic heterocycles. The lowest BCUT2D eigenvalue weighted by Gasteiger charge is -2.25. The molecule has 0 aliphatic rings. The van der Waals surface area contributed by atoms with Crippen LogP contribution < -0.4 is 10.1 Å². The molecule has 1 aromatic rings. The van der Waals surface area contributed by atoms with E-state index in [2.05, 4.69) is 24.3 Å². The van der Waals surface area contributed by atoms with Crippen molar-refractivity contribution in [2.75, 3.05) is 20.2 Å². The minimum atomic E-state index is -0.995. The molecule has 1 rings (SSSR count). The summed E-state index contributed by atoms with van der Waals surface area (Å²) in [6.07, 6.45) is 1.62. The van der Waals surface area contributed by atoms with Crippen LogP contribution in [0, 0.1) is 5.92 Å². The van der Waals surface area contributed by atoms with Crippen molar-refractivity contribution in [2.45, 2.75) is 26.4 Å². The molecule has 0 saturated heterocycles. The summed E-state index contributed by atoms with van der Waals surface area (Å²) in [5.41, 5.74) is -0.304. The van der Waals surface area contributed by atoms with Gasteiger partial charge in [0.1, 0.15) is 11.3 Å². The van der Waals surface area contributed by atoms with Crippen LogP contribution in [0.15, 0.2) is 6.20 Å². The fourth-order valence-corrected chi connectivity index (χ4v) is 1.87. The number of hydrogen-bond acceptors (Lipinski definition) is 4. The van der Waals surface area contributed by atoms with Crippen molar-refractivity contribution in [3.05, 3.63) is 11.9 Å². The van der Waals surface area contributed by atoms with Gasteiger partial charge in [0.25, 0.3) is 0 Å². The smallest absolute Gasteiger partial charge is 0.162 e. The van der Waals surface area contributed by atoms with Crippen molar-refractivity contribution in [1.82, 2.24) is 15.1 Å². The van der Waals surface area contributed by atoms with Crippen LogP contribution in [0.1, 0.15) is 26.5 Å². The Labute approximate surface area is 103 Å². The normalized spacial score (nSPS) is 15.0. The topological polar surface area (TPSA) is 59.3 Å². The number of hydrogen-bond donors (Lipinski definition) is 2. The molecule has 5 nitrogen and oxygen atoms in total. The van der Waals surface area contributed by atoms with Gasteiger partial charge in [0.05, 0.1) is 13.3 Å².